The smallest absolute Gasteiger partial charge is 0.0722 e. The average Bonchev–Trinajstić information content (AvgIpc) is 2.91. The Balaban J connectivity index is 2.43. The van der Waals surface area contributed by atoms with E-state index in [0.29, 0.717) is 0 Å². The lowest BCUT2D eigenvalue weighted by atomic mass is 10.1. The summed E-state index contributed by atoms with van der Waals surface area (Å²) in [5, 5.41) is 4.95. The maximum atomic E-state index is 4.64. The second kappa shape index (κ2) is 2.70. The van der Waals surface area contributed by atoms with Crippen molar-refractivity contribution < 1.29 is 0 Å². The van der Waals surface area contributed by atoms with Gasteiger partial charge in [0.25, 0.3) is 0 Å². The summed E-state index contributed by atoms with van der Waals surface area (Å²) in [6.07, 6.45) is 6.42. The molecule has 2 aromatic rings. The van der Waals surface area contributed by atoms with Crippen LogP contribution in [0.15, 0.2) is 47.5 Å². The quantitative estimate of drug-likeness (QED) is 0.530. The normalized spacial score (nSPS) is 13.8. The molecule has 1 heterocycles. The molecule has 4 rings (SSSR count). The number of allylic oxidation sites excluding steroid dienone is 1. The van der Waals surface area contributed by atoms with E-state index in [1.807, 2.05) is 6.07 Å². The van der Waals surface area contributed by atoms with Gasteiger partial charge in [0.1, 0.15) is 0 Å². The molecule has 1 aliphatic carbocycles. The Morgan fingerprint density at radius 1 is 0.938 bits per heavy atom. The molecule has 0 amide bonds. The van der Waals surface area contributed by atoms with E-state index in [9.17, 15) is 0 Å². The summed E-state index contributed by atoms with van der Waals surface area (Å²) in [6, 6.07) is 12.6. The van der Waals surface area contributed by atoms with Crippen molar-refractivity contribution in [3.8, 4) is 0 Å². The van der Waals surface area contributed by atoms with E-state index in [1.54, 1.807) is 0 Å². The third-order valence-electron chi connectivity index (χ3n) is 3.21. The van der Waals surface area contributed by atoms with Gasteiger partial charge in [-0.1, -0.05) is 42.5 Å². The summed E-state index contributed by atoms with van der Waals surface area (Å²) in [5.41, 5.74) is 2.39. The first-order chi connectivity index (χ1) is 7.93. The van der Waals surface area contributed by atoms with Crippen LogP contribution in [0, 0.1) is 10.4 Å². The summed E-state index contributed by atoms with van der Waals surface area (Å²) in [5.74, 6) is 0. The summed E-state index contributed by atoms with van der Waals surface area (Å²) < 4.78 is 0. The van der Waals surface area contributed by atoms with Gasteiger partial charge in [0.2, 0.25) is 0 Å². The summed E-state index contributed by atoms with van der Waals surface area (Å²) in [7, 11) is 0. The molecule has 0 unspecified atom stereocenters. The Bertz CT molecular complexity index is 842. The molecular weight excluding hydrogens is 194 g/mol. The maximum Gasteiger partial charge on any atom is 0.0722 e. The van der Waals surface area contributed by atoms with Gasteiger partial charge in [0, 0.05) is 10.4 Å². The van der Waals surface area contributed by atoms with Crippen LogP contribution in [-0.4, -0.2) is 0 Å². The molecule has 1 nitrogen and oxygen atoms in total. The lowest BCUT2D eigenvalue weighted by molar-refractivity contribution is 1.37. The highest BCUT2D eigenvalue weighted by Gasteiger charge is 2.07. The zero-order chi connectivity index (χ0) is 10.5. The summed E-state index contributed by atoms with van der Waals surface area (Å²) in [4.78, 5) is 4.64. The number of para-hydroxylation sites is 1. The van der Waals surface area contributed by atoms with E-state index in [2.05, 4.69) is 53.6 Å². The second-order valence-corrected chi connectivity index (χ2v) is 4.12. The Morgan fingerprint density at radius 2 is 1.88 bits per heavy atom. The Labute approximate surface area is 92.4 Å². The van der Waals surface area contributed by atoms with Crippen molar-refractivity contribution in [2.45, 2.75) is 0 Å². The number of fused-ring (bicyclic) bond motifs is 4. The van der Waals surface area contributed by atoms with Gasteiger partial charge >= 0.3 is 0 Å². The van der Waals surface area contributed by atoms with Gasteiger partial charge in [0.15, 0.2) is 0 Å². The third-order valence-corrected chi connectivity index (χ3v) is 3.21. The Kier molecular flexibility index (Phi) is 1.36. The number of rotatable bonds is 0. The van der Waals surface area contributed by atoms with Gasteiger partial charge in [-0.15, -0.1) is 0 Å². The fourth-order valence-electron chi connectivity index (χ4n) is 2.49. The zero-order valence-corrected chi connectivity index (χ0v) is 8.64. The van der Waals surface area contributed by atoms with Crippen LogP contribution in [0.1, 0.15) is 5.56 Å². The predicted octanol–water partition coefficient (Wildman–Crippen LogP) is 2.05. The lowest BCUT2D eigenvalue weighted by Crippen LogP contribution is -2.06. The maximum absolute atomic E-state index is 4.64. The molecule has 0 fully saturated rings. The molecule has 2 aliphatic rings. The first-order valence-electron chi connectivity index (χ1n) is 5.43. The SMILES string of the molecule is C1=Cc2ccc3c(c2=C1)=c1ccccc1=N3. The standard InChI is InChI=1S/C15H9N/c1-2-7-13-12(5-1)15-11-6-3-4-10(11)8-9-14(15)16-13/h1-9H. The van der Waals surface area contributed by atoms with E-state index in [4.69, 9.17) is 0 Å². The van der Waals surface area contributed by atoms with Crippen LogP contribution in [0.3, 0.4) is 0 Å². The number of benzene rings is 2. The highest BCUT2D eigenvalue weighted by molar-refractivity contribution is 5.69. The molecule has 1 heteroatoms. The van der Waals surface area contributed by atoms with Gasteiger partial charge in [-0.25, -0.2) is 4.99 Å². The molecule has 16 heavy (non-hydrogen) atoms. The largest absolute Gasteiger partial charge is 0.248 e. The number of hydrogen-bond acceptors (Lipinski definition) is 1. The number of hydrogen-bond donors (Lipinski definition) is 0. The first-order valence-corrected chi connectivity index (χ1v) is 5.43. The summed E-state index contributed by atoms with van der Waals surface area (Å²) in [6.45, 7) is 0. The molecule has 0 spiro atoms. The van der Waals surface area contributed by atoms with Crippen molar-refractivity contribution >= 4 is 17.8 Å². The Hall–Kier alpha value is -2.15. The molecule has 0 atom stereocenters. The van der Waals surface area contributed by atoms with E-state index in [1.165, 1.54) is 21.2 Å². The molecule has 0 radical (unpaired) electrons. The van der Waals surface area contributed by atoms with Crippen LogP contribution in [0.5, 0.6) is 0 Å². The summed E-state index contributed by atoms with van der Waals surface area (Å²) >= 11 is 0. The monoisotopic (exact) mass is 203 g/mol. The van der Waals surface area contributed by atoms with Gasteiger partial charge in [-0.3, -0.25) is 0 Å². The van der Waals surface area contributed by atoms with Gasteiger partial charge in [0.05, 0.1) is 11.0 Å². The first kappa shape index (κ1) is 8.05. The topological polar surface area (TPSA) is 12.4 Å². The van der Waals surface area contributed by atoms with Gasteiger partial charge < -0.3 is 0 Å². The minimum absolute atomic E-state index is 1.09. The van der Waals surface area contributed by atoms with Crippen molar-refractivity contribution in [1.29, 1.82) is 0 Å². The van der Waals surface area contributed by atoms with E-state index in [0.717, 1.165) is 11.0 Å². The van der Waals surface area contributed by atoms with Gasteiger partial charge in [-0.2, -0.15) is 0 Å². The molecule has 1 aliphatic heterocycles. The third kappa shape index (κ3) is 0.878. The van der Waals surface area contributed by atoms with Crippen LogP contribution in [0.4, 0.5) is 5.69 Å². The van der Waals surface area contributed by atoms with Crippen LogP contribution in [-0.2, 0) is 0 Å². The van der Waals surface area contributed by atoms with Crippen LogP contribution < -0.4 is 10.6 Å². The predicted molar refractivity (Wildman–Crippen MR) is 64.5 cm³/mol. The van der Waals surface area contributed by atoms with Crippen molar-refractivity contribution in [2.24, 2.45) is 4.99 Å². The molecule has 0 saturated carbocycles. The fraction of sp³-hybridized carbons (Fsp3) is 0. The van der Waals surface area contributed by atoms with Crippen molar-refractivity contribution in [1.82, 2.24) is 0 Å². The molecule has 0 N–H and O–H groups in total. The second-order valence-electron chi connectivity index (χ2n) is 4.12. The molecule has 0 saturated heterocycles. The zero-order valence-electron chi connectivity index (χ0n) is 8.64. The van der Waals surface area contributed by atoms with E-state index >= 15 is 0 Å². The average molecular weight is 203 g/mol. The highest BCUT2D eigenvalue weighted by atomic mass is 14.7. The molecule has 2 aromatic carbocycles. The van der Waals surface area contributed by atoms with Crippen molar-refractivity contribution in [3.05, 3.63) is 69.1 Å². The fourth-order valence-corrected chi connectivity index (χ4v) is 2.49. The number of nitrogens with zero attached hydrogens (tertiary/aromatic N) is 1. The van der Waals surface area contributed by atoms with Crippen molar-refractivity contribution in [3.63, 3.8) is 0 Å². The lowest BCUT2D eigenvalue weighted by Gasteiger charge is -1.94. The molecule has 0 bridgehead atoms. The van der Waals surface area contributed by atoms with Crippen LogP contribution >= 0.6 is 0 Å². The Morgan fingerprint density at radius 3 is 2.88 bits per heavy atom. The van der Waals surface area contributed by atoms with E-state index in [-0.39, 0.29) is 0 Å². The highest BCUT2D eigenvalue weighted by Crippen LogP contribution is 2.17. The minimum Gasteiger partial charge on any atom is -0.248 e. The van der Waals surface area contributed by atoms with Crippen molar-refractivity contribution in [2.75, 3.05) is 0 Å². The molecular formula is C15H9N. The molecule has 0 aromatic heterocycles. The van der Waals surface area contributed by atoms with Crippen LogP contribution in [0.2, 0.25) is 0 Å². The minimum atomic E-state index is 1.09. The van der Waals surface area contributed by atoms with E-state index < -0.39 is 0 Å². The van der Waals surface area contributed by atoms with Gasteiger partial charge in [-0.05, 0) is 22.9 Å². The molecule has 74 valence electrons. The van der Waals surface area contributed by atoms with Crippen LogP contribution in [0.25, 0.3) is 12.2 Å².